The zero-order valence-corrected chi connectivity index (χ0v) is 11.5. The van der Waals surface area contributed by atoms with Crippen molar-refractivity contribution in [1.82, 2.24) is 0 Å². The van der Waals surface area contributed by atoms with Crippen molar-refractivity contribution in [3.63, 3.8) is 0 Å². The minimum absolute atomic E-state index is 0.0204. The van der Waals surface area contributed by atoms with Crippen LogP contribution >= 0.6 is 15.9 Å². The average molecular weight is 301 g/mol. The number of hydrogen-bond acceptors (Lipinski definition) is 3. The van der Waals surface area contributed by atoms with Gasteiger partial charge in [0.05, 0.1) is 13.2 Å². The van der Waals surface area contributed by atoms with Gasteiger partial charge < -0.3 is 9.47 Å². The van der Waals surface area contributed by atoms with Gasteiger partial charge in [0.2, 0.25) is 0 Å². The molecule has 0 radical (unpaired) electrons. The normalized spacial score (nSPS) is 10.5. The summed E-state index contributed by atoms with van der Waals surface area (Å²) in [4.78, 5) is 11.8. The van der Waals surface area contributed by atoms with Crippen LogP contribution in [0, 0.1) is 0 Å². The summed E-state index contributed by atoms with van der Waals surface area (Å²) in [5.74, 6) is -0.0204. The molecule has 1 aromatic rings. The Bertz CT molecular complexity index is 352. The Morgan fingerprint density at radius 3 is 2.59 bits per heavy atom. The van der Waals surface area contributed by atoms with E-state index in [-0.39, 0.29) is 12.4 Å². The van der Waals surface area contributed by atoms with Crippen LogP contribution < -0.4 is 0 Å². The second kappa shape index (κ2) is 8.39. The van der Waals surface area contributed by atoms with E-state index < -0.39 is 0 Å². The smallest absolute Gasteiger partial charge is 0.189 e. The maximum Gasteiger partial charge on any atom is 0.189 e. The first-order valence-electron chi connectivity index (χ1n) is 5.69. The Morgan fingerprint density at radius 2 is 1.88 bits per heavy atom. The van der Waals surface area contributed by atoms with Gasteiger partial charge in [-0.3, -0.25) is 4.79 Å². The van der Waals surface area contributed by atoms with E-state index in [4.69, 9.17) is 9.47 Å². The van der Waals surface area contributed by atoms with Crippen LogP contribution in [0.25, 0.3) is 0 Å². The molecular formula is C13H17BrO3. The molecule has 0 fully saturated rings. The standard InChI is InChI=1S/C13H17BrO3/c1-2-7-16-8-9-17-10-13(15)11-5-3-4-6-12(11)14/h3-6H,2,7-10H2,1H3. The highest BCUT2D eigenvalue weighted by molar-refractivity contribution is 9.10. The van der Waals surface area contributed by atoms with Crippen LogP contribution in [0.1, 0.15) is 23.7 Å². The highest BCUT2D eigenvalue weighted by atomic mass is 79.9. The van der Waals surface area contributed by atoms with E-state index in [2.05, 4.69) is 22.9 Å². The number of carbonyl (C=O) groups excluding carboxylic acids is 1. The molecule has 1 rings (SSSR count). The number of ketones is 1. The maximum atomic E-state index is 11.8. The maximum absolute atomic E-state index is 11.8. The van der Waals surface area contributed by atoms with Crippen LogP contribution in [0.2, 0.25) is 0 Å². The van der Waals surface area contributed by atoms with Crippen molar-refractivity contribution < 1.29 is 14.3 Å². The Hall–Kier alpha value is -0.710. The lowest BCUT2D eigenvalue weighted by atomic mass is 10.1. The molecule has 0 bridgehead atoms. The molecule has 4 heteroatoms. The minimum Gasteiger partial charge on any atom is -0.379 e. The summed E-state index contributed by atoms with van der Waals surface area (Å²) < 4.78 is 11.3. The van der Waals surface area contributed by atoms with Crippen molar-refractivity contribution in [3.8, 4) is 0 Å². The van der Waals surface area contributed by atoms with Crippen LogP contribution in [0.5, 0.6) is 0 Å². The number of halogens is 1. The summed E-state index contributed by atoms with van der Waals surface area (Å²) in [5, 5.41) is 0. The van der Waals surface area contributed by atoms with E-state index in [1.165, 1.54) is 0 Å². The first-order valence-corrected chi connectivity index (χ1v) is 6.48. The van der Waals surface area contributed by atoms with Crippen LogP contribution in [0.15, 0.2) is 28.7 Å². The number of rotatable bonds is 8. The third kappa shape index (κ3) is 5.44. The first-order chi connectivity index (χ1) is 8.25. The molecule has 0 aromatic heterocycles. The predicted molar refractivity (Wildman–Crippen MR) is 70.4 cm³/mol. The van der Waals surface area contributed by atoms with Gasteiger partial charge in [0.15, 0.2) is 5.78 Å². The quantitative estimate of drug-likeness (QED) is 0.547. The Labute approximate surface area is 110 Å². The number of benzene rings is 1. The number of carbonyl (C=O) groups is 1. The van der Waals surface area contributed by atoms with E-state index in [9.17, 15) is 4.79 Å². The molecule has 0 atom stereocenters. The molecule has 0 saturated carbocycles. The number of ether oxygens (including phenoxy) is 2. The van der Waals surface area contributed by atoms with E-state index >= 15 is 0 Å². The van der Waals surface area contributed by atoms with Crippen molar-refractivity contribution in [2.45, 2.75) is 13.3 Å². The lowest BCUT2D eigenvalue weighted by molar-refractivity contribution is 0.0441. The third-order valence-corrected chi connectivity index (χ3v) is 2.82. The second-order valence-electron chi connectivity index (χ2n) is 3.57. The highest BCUT2D eigenvalue weighted by Crippen LogP contribution is 2.16. The van der Waals surface area contributed by atoms with Gasteiger partial charge >= 0.3 is 0 Å². The molecule has 94 valence electrons. The second-order valence-corrected chi connectivity index (χ2v) is 4.42. The van der Waals surface area contributed by atoms with Gasteiger partial charge in [-0.1, -0.05) is 41.1 Å². The van der Waals surface area contributed by atoms with E-state index in [0.717, 1.165) is 17.5 Å². The summed E-state index contributed by atoms with van der Waals surface area (Å²) in [6, 6.07) is 7.34. The molecule has 3 nitrogen and oxygen atoms in total. The van der Waals surface area contributed by atoms with E-state index in [0.29, 0.717) is 18.8 Å². The van der Waals surface area contributed by atoms with Crippen LogP contribution in [0.3, 0.4) is 0 Å². The monoisotopic (exact) mass is 300 g/mol. The molecule has 0 spiro atoms. The summed E-state index contributed by atoms with van der Waals surface area (Å²) in [6.45, 7) is 3.88. The van der Waals surface area contributed by atoms with E-state index in [1.54, 1.807) is 6.07 Å². The zero-order chi connectivity index (χ0) is 12.5. The van der Waals surface area contributed by atoms with E-state index in [1.807, 2.05) is 18.2 Å². The largest absolute Gasteiger partial charge is 0.379 e. The molecule has 17 heavy (non-hydrogen) atoms. The van der Waals surface area contributed by atoms with Gasteiger partial charge in [0.1, 0.15) is 6.61 Å². The molecule has 0 saturated heterocycles. The Morgan fingerprint density at radius 1 is 1.18 bits per heavy atom. The Kier molecular flexibility index (Phi) is 7.08. The zero-order valence-electron chi connectivity index (χ0n) is 9.95. The Balaban J connectivity index is 2.24. The predicted octanol–water partition coefficient (Wildman–Crippen LogP) is 3.08. The summed E-state index contributed by atoms with van der Waals surface area (Å²) >= 11 is 3.34. The molecular weight excluding hydrogens is 284 g/mol. The van der Waals surface area contributed by atoms with Crippen molar-refractivity contribution in [2.24, 2.45) is 0 Å². The first kappa shape index (κ1) is 14.4. The molecule has 0 aliphatic carbocycles. The molecule has 0 aliphatic heterocycles. The highest BCUT2D eigenvalue weighted by Gasteiger charge is 2.08. The van der Waals surface area contributed by atoms with Gasteiger partial charge in [0, 0.05) is 16.6 Å². The van der Waals surface area contributed by atoms with Crippen LogP contribution in [-0.2, 0) is 9.47 Å². The lowest BCUT2D eigenvalue weighted by Crippen LogP contribution is -2.13. The molecule has 0 unspecified atom stereocenters. The summed E-state index contributed by atoms with van der Waals surface area (Å²) in [6.07, 6.45) is 0.996. The molecule has 0 aliphatic rings. The fourth-order valence-corrected chi connectivity index (χ4v) is 1.80. The SMILES string of the molecule is CCCOCCOCC(=O)c1ccccc1Br. The lowest BCUT2D eigenvalue weighted by Gasteiger charge is -2.05. The van der Waals surface area contributed by atoms with Crippen molar-refractivity contribution in [1.29, 1.82) is 0 Å². The van der Waals surface area contributed by atoms with Gasteiger partial charge in [-0.25, -0.2) is 0 Å². The summed E-state index contributed by atoms with van der Waals surface area (Å²) in [7, 11) is 0. The fraction of sp³-hybridized carbons (Fsp3) is 0.462. The number of Topliss-reactive ketones (excluding diaryl/α,β-unsaturated/α-hetero) is 1. The van der Waals surface area contributed by atoms with Gasteiger partial charge in [0.25, 0.3) is 0 Å². The molecule has 0 N–H and O–H groups in total. The average Bonchev–Trinajstić information content (AvgIpc) is 2.34. The van der Waals surface area contributed by atoms with Crippen LogP contribution in [-0.4, -0.2) is 32.2 Å². The molecule has 0 heterocycles. The van der Waals surface area contributed by atoms with Gasteiger partial charge in [-0.05, 0) is 12.5 Å². The topological polar surface area (TPSA) is 35.5 Å². The van der Waals surface area contributed by atoms with Crippen molar-refractivity contribution >= 4 is 21.7 Å². The van der Waals surface area contributed by atoms with Crippen LogP contribution in [0.4, 0.5) is 0 Å². The number of hydrogen-bond donors (Lipinski definition) is 0. The fourth-order valence-electron chi connectivity index (χ4n) is 1.29. The van der Waals surface area contributed by atoms with Crippen molar-refractivity contribution in [3.05, 3.63) is 34.3 Å². The molecule has 0 amide bonds. The molecule has 1 aromatic carbocycles. The van der Waals surface area contributed by atoms with Crippen molar-refractivity contribution in [2.75, 3.05) is 26.4 Å². The van der Waals surface area contributed by atoms with Gasteiger partial charge in [-0.15, -0.1) is 0 Å². The van der Waals surface area contributed by atoms with Gasteiger partial charge in [-0.2, -0.15) is 0 Å². The third-order valence-electron chi connectivity index (χ3n) is 2.13. The summed E-state index contributed by atoms with van der Waals surface area (Å²) in [5.41, 5.74) is 0.655. The minimum atomic E-state index is -0.0204.